The van der Waals surface area contributed by atoms with Crippen molar-refractivity contribution in [1.82, 2.24) is 10.3 Å². The van der Waals surface area contributed by atoms with Gasteiger partial charge in [0.2, 0.25) is 5.91 Å². The van der Waals surface area contributed by atoms with Gasteiger partial charge in [0.1, 0.15) is 11.5 Å². The van der Waals surface area contributed by atoms with Gasteiger partial charge in [0.25, 0.3) is 0 Å². The number of ketones is 1. The summed E-state index contributed by atoms with van der Waals surface area (Å²) in [6, 6.07) is 4.73. The maximum Gasteiger partial charge on any atom is 0.220 e. The van der Waals surface area contributed by atoms with Gasteiger partial charge in [0, 0.05) is 50.8 Å². The molecule has 172 valence electrons. The molecule has 0 saturated heterocycles. The number of aromatic nitrogens is 1. The fourth-order valence-corrected chi connectivity index (χ4v) is 4.62. The van der Waals surface area contributed by atoms with Crippen LogP contribution in [0.2, 0.25) is 5.02 Å². The molecule has 1 amide bonds. The van der Waals surface area contributed by atoms with Gasteiger partial charge < -0.3 is 15.2 Å². The molecule has 1 aromatic heterocycles. The first-order valence-corrected chi connectivity index (χ1v) is 11.0. The molecule has 0 aliphatic heterocycles. The van der Waals surface area contributed by atoms with Gasteiger partial charge in [-0.3, -0.25) is 14.6 Å². The maximum atomic E-state index is 14.3. The van der Waals surface area contributed by atoms with Crippen LogP contribution in [0.3, 0.4) is 0 Å². The molecule has 1 aliphatic rings. The minimum atomic E-state index is -0.958. The summed E-state index contributed by atoms with van der Waals surface area (Å²) >= 11 is 5.80. The molecule has 0 radical (unpaired) electrons. The molecule has 1 aromatic carbocycles. The SMILES string of the molecule is COCCCNC(=O)CC1CC(=O)C(c2c(C)cc(-c3ncc(Cl)cc3F)cc2C)C1O. The van der Waals surface area contributed by atoms with E-state index in [0.717, 1.165) is 16.7 Å². The second kappa shape index (κ2) is 10.5. The molecule has 32 heavy (non-hydrogen) atoms. The van der Waals surface area contributed by atoms with E-state index in [9.17, 15) is 19.1 Å². The molecule has 2 aromatic rings. The number of aryl methyl sites for hydroxylation is 2. The average molecular weight is 463 g/mol. The fourth-order valence-electron chi connectivity index (χ4n) is 4.48. The normalized spacial score (nSPS) is 20.6. The monoisotopic (exact) mass is 462 g/mol. The lowest BCUT2D eigenvalue weighted by molar-refractivity contribution is -0.122. The third-order valence-corrected chi connectivity index (χ3v) is 6.12. The third kappa shape index (κ3) is 5.34. The standard InChI is InChI=1S/C24H28ClFN2O4/c1-13-7-15(23-18(26)11-17(25)12-28-23)8-14(2)21(13)22-19(29)9-16(24(22)31)10-20(30)27-5-4-6-32-3/h7-8,11-12,16,22,24,31H,4-6,9-10H2,1-3H3,(H,27,30). The quantitative estimate of drug-likeness (QED) is 0.583. The summed E-state index contributed by atoms with van der Waals surface area (Å²) in [5.74, 6) is -1.96. The summed E-state index contributed by atoms with van der Waals surface area (Å²) in [6.07, 6.45) is 1.36. The highest BCUT2D eigenvalue weighted by Gasteiger charge is 2.44. The Morgan fingerprint density at radius 2 is 2.00 bits per heavy atom. The number of nitrogens with one attached hydrogen (secondary N) is 1. The predicted molar refractivity (Wildman–Crippen MR) is 120 cm³/mol. The molecule has 2 N–H and O–H groups in total. The van der Waals surface area contributed by atoms with Crippen molar-refractivity contribution in [3.63, 3.8) is 0 Å². The number of carbonyl (C=O) groups excluding carboxylic acids is 2. The van der Waals surface area contributed by atoms with Crippen LogP contribution in [0.1, 0.15) is 41.9 Å². The summed E-state index contributed by atoms with van der Waals surface area (Å²) < 4.78 is 19.3. The first-order valence-electron chi connectivity index (χ1n) is 10.6. The Bertz CT molecular complexity index is 990. The zero-order chi connectivity index (χ0) is 23.4. The number of aliphatic hydroxyl groups is 1. The van der Waals surface area contributed by atoms with Crippen LogP contribution < -0.4 is 5.32 Å². The summed E-state index contributed by atoms with van der Waals surface area (Å²) in [5.41, 5.74) is 3.00. The van der Waals surface area contributed by atoms with E-state index < -0.39 is 23.8 Å². The number of halogens is 2. The number of methoxy groups -OCH3 is 1. The summed E-state index contributed by atoms with van der Waals surface area (Å²) in [4.78, 5) is 29.1. The Balaban J connectivity index is 1.78. The van der Waals surface area contributed by atoms with Crippen LogP contribution in [0.25, 0.3) is 11.3 Å². The van der Waals surface area contributed by atoms with Gasteiger partial charge in [0.05, 0.1) is 17.0 Å². The Morgan fingerprint density at radius 1 is 1.31 bits per heavy atom. The summed E-state index contributed by atoms with van der Waals surface area (Å²) in [5, 5.41) is 13.9. The lowest BCUT2D eigenvalue weighted by Gasteiger charge is -2.22. The number of pyridine rings is 1. The topological polar surface area (TPSA) is 88.5 Å². The largest absolute Gasteiger partial charge is 0.392 e. The van der Waals surface area contributed by atoms with Crippen LogP contribution in [0.15, 0.2) is 24.4 Å². The number of amides is 1. The first kappa shape index (κ1) is 24.3. The molecule has 0 spiro atoms. The molecular formula is C24H28ClFN2O4. The van der Waals surface area contributed by atoms with E-state index in [1.165, 1.54) is 12.3 Å². The fraction of sp³-hybridized carbons (Fsp3) is 0.458. The van der Waals surface area contributed by atoms with Gasteiger partial charge in [-0.15, -0.1) is 0 Å². The van der Waals surface area contributed by atoms with Crippen LogP contribution in [0.4, 0.5) is 4.39 Å². The molecule has 3 rings (SSSR count). The number of hydrogen-bond donors (Lipinski definition) is 2. The molecule has 3 atom stereocenters. The second-order valence-corrected chi connectivity index (χ2v) is 8.74. The van der Waals surface area contributed by atoms with Crippen LogP contribution in [0.5, 0.6) is 0 Å². The molecular weight excluding hydrogens is 435 g/mol. The van der Waals surface area contributed by atoms with Crippen molar-refractivity contribution in [1.29, 1.82) is 0 Å². The van der Waals surface area contributed by atoms with Crippen molar-refractivity contribution < 1.29 is 23.8 Å². The van der Waals surface area contributed by atoms with Crippen molar-refractivity contribution in [2.24, 2.45) is 5.92 Å². The van der Waals surface area contributed by atoms with Gasteiger partial charge in [0.15, 0.2) is 5.82 Å². The lowest BCUT2D eigenvalue weighted by atomic mass is 9.84. The number of aliphatic hydroxyl groups excluding tert-OH is 1. The van der Waals surface area contributed by atoms with Crippen molar-refractivity contribution in [2.45, 2.75) is 45.1 Å². The highest BCUT2D eigenvalue weighted by atomic mass is 35.5. The van der Waals surface area contributed by atoms with Gasteiger partial charge >= 0.3 is 0 Å². The number of Topliss-reactive ketones (excluding diaryl/α,β-unsaturated/α-hetero) is 1. The molecule has 1 aliphatic carbocycles. The van der Waals surface area contributed by atoms with E-state index >= 15 is 0 Å². The zero-order valence-corrected chi connectivity index (χ0v) is 19.2. The molecule has 1 fully saturated rings. The average Bonchev–Trinajstić information content (AvgIpc) is 2.98. The van der Waals surface area contributed by atoms with E-state index in [1.54, 1.807) is 19.2 Å². The van der Waals surface area contributed by atoms with Gasteiger partial charge in [-0.05, 0) is 55.2 Å². The number of benzene rings is 1. The van der Waals surface area contributed by atoms with E-state index in [1.807, 2.05) is 13.8 Å². The van der Waals surface area contributed by atoms with Crippen molar-refractivity contribution in [3.05, 3.63) is 51.9 Å². The van der Waals surface area contributed by atoms with Gasteiger partial charge in [-0.25, -0.2) is 4.39 Å². The lowest BCUT2D eigenvalue weighted by Crippen LogP contribution is -2.30. The van der Waals surface area contributed by atoms with Crippen LogP contribution >= 0.6 is 11.6 Å². The van der Waals surface area contributed by atoms with Crippen LogP contribution in [0, 0.1) is 25.6 Å². The number of rotatable bonds is 8. The predicted octanol–water partition coefficient (Wildman–Crippen LogP) is 3.73. The molecule has 8 heteroatoms. The van der Waals surface area contributed by atoms with Crippen molar-refractivity contribution in [2.75, 3.05) is 20.3 Å². The molecule has 1 heterocycles. The van der Waals surface area contributed by atoms with Gasteiger partial charge in [-0.2, -0.15) is 0 Å². The van der Waals surface area contributed by atoms with E-state index in [-0.39, 0.29) is 35.2 Å². The number of nitrogens with zero attached hydrogens (tertiary/aromatic N) is 1. The van der Waals surface area contributed by atoms with Gasteiger partial charge in [-0.1, -0.05) is 11.6 Å². The van der Waals surface area contributed by atoms with E-state index in [4.69, 9.17) is 16.3 Å². The minimum absolute atomic E-state index is 0.0898. The molecule has 3 unspecified atom stereocenters. The molecule has 6 nitrogen and oxygen atoms in total. The van der Waals surface area contributed by atoms with E-state index in [2.05, 4.69) is 10.3 Å². The number of carbonyl (C=O) groups is 2. The summed E-state index contributed by atoms with van der Waals surface area (Å²) in [7, 11) is 1.60. The maximum absolute atomic E-state index is 14.3. The van der Waals surface area contributed by atoms with Crippen molar-refractivity contribution >= 4 is 23.3 Å². The molecule has 1 saturated carbocycles. The minimum Gasteiger partial charge on any atom is -0.392 e. The first-order chi connectivity index (χ1) is 15.2. The summed E-state index contributed by atoms with van der Waals surface area (Å²) in [6.45, 7) is 4.70. The Morgan fingerprint density at radius 3 is 2.62 bits per heavy atom. The zero-order valence-electron chi connectivity index (χ0n) is 18.5. The second-order valence-electron chi connectivity index (χ2n) is 8.31. The smallest absolute Gasteiger partial charge is 0.220 e. The Kier molecular flexibility index (Phi) is 7.98. The van der Waals surface area contributed by atoms with Crippen molar-refractivity contribution in [3.8, 4) is 11.3 Å². The molecule has 0 bridgehead atoms. The highest BCUT2D eigenvalue weighted by molar-refractivity contribution is 6.30. The number of hydrogen-bond acceptors (Lipinski definition) is 5. The van der Waals surface area contributed by atoms with E-state index in [0.29, 0.717) is 25.1 Å². The van der Waals surface area contributed by atoms with Crippen LogP contribution in [-0.4, -0.2) is 48.1 Å². The Hall–Kier alpha value is -2.35. The highest BCUT2D eigenvalue weighted by Crippen LogP contribution is 2.41. The third-order valence-electron chi connectivity index (χ3n) is 5.92. The van der Waals surface area contributed by atoms with Crippen LogP contribution in [-0.2, 0) is 14.3 Å². The number of ether oxygens (including phenoxy) is 1. The Labute approximate surface area is 192 Å².